The van der Waals surface area contributed by atoms with Gasteiger partial charge < -0.3 is 0 Å². The van der Waals surface area contributed by atoms with Crippen LogP contribution in [0.5, 0.6) is 0 Å². The highest BCUT2D eigenvalue weighted by atomic mass is 32.2. The van der Waals surface area contributed by atoms with Crippen molar-refractivity contribution in [2.75, 3.05) is 12.8 Å². The van der Waals surface area contributed by atoms with Gasteiger partial charge in [-0.25, -0.2) is 13.1 Å². The molecule has 0 radical (unpaired) electrons. The van der Waals surface area contributed by atoms with Crippen LogP contribution < -0.4 is 4.72 Å². The topological polar surface area (TPSA) is 46.2 Å². The number of rotatable bonds is 4. The second-order valence-corrected chi connectivity index (χ2v) is 3.83. The summed E-state index contributed by atoms with van der Waals surface area (Å²) in [5.74, 6) is 0. The van der Waals surface area contributed by atoms with E-state index in [1.807, 2.05) is 13.0 Å². The molecule has 60 valence electrons. The van der Waals surface area contributed by atoms with Crippen molar-refractivity contribution in [3.05, 3.63) is 12.2 Å². The Labute approximate surface area is 62.2 Å². The molecule has 0 spiro atoms. The van der Waals surface area contributed by atoms with Crippen molar-refractivity contribution < 1.29 is 8.42 Å². The van der Waals surface area contributed by atoms with Crippen LogP contribution in [0, 0.1) is 0 Å². The molecule has 0 aromatic heterocycles. The van der Waals surface area contributed by atoms with Gasteiger partial charge in [0.25, 0.3) is 0 Å². The number of sulfonamides is 1. The number of nitrogens with one attached hydrogen (secondary N) is 1. The molecule has 0 aromatic carbocycles. The van der Waals surface area contributed by atoms with Crippen LogP contribution in [0.4, 0.5) is 0 Å². The van der Waals surface area contributed by atoms with Gasteiger partial charge in [-0.3, -0.25) is 0 Å². The van der Waals surface area contributed by atoms with E-state index >= 15 is 0 Å². The van der Waals surface area contributed by atoms with Crippen molar-refractivity contribution in [1.29, 1.82) is 0 Å². The maximum absolute atomic E-state index is 10.4. The quantitative estimate of drug-likeness (QED) is 0.613. The van der Waals surface area contributed by atoms with E-state index in [2.05, 4.69) is 4.72 Å². The number of allylic oxidation sites excluding steroid dienone is 1. The molecule has 0 aliphatic carbocycles. The van der Waals surface area contributed by atoms with Gasteiger partial charge in [0.1, 0.15) is 0 Å². The van der Waals surface area contributed by atoms with Crippen LogP contribution in [0.2, 0.25) is 0 Å². The average Bonchev–Trinajstić information content (AvgIpc) is 1.78. The Morgan fingerprint density at radius 3 is 2.40 bits per heavy atom. The lowest BCUT2D eigenvalue weighted by Crippen LogP contribution is -2.21. The number of hydrogen-bond acceptors (Lipinski definition) is 2. The third-order valence-electron chi connectivity index (χ3n) is 0.866. The highest BCUT2D eigenvalue weighted by Gasteiger charge is 1.94. The third-order valence-corrected chi connectivity index (χ3v) is 1.56. The largest absolute Gasteiger partial charge is 0.213 e. The van der Waals surface area contributed by atoms with Crippen molar-refractivity contribution in [2.45, 2.75) is 13.3 Å². The number of hydrogen-bond donors (Lipinski definition) is 1. The predicted molar refractivity (Wildman–Crippen MR) is 42.3 cm³/mol. The summed E-state index contributed by atoms with van der Waals surface area (Å²) in [4.78, 5) is 0. The Morgan fingerprint density at radius 2 is 2.00 bits per heavy atom. The van der Waals surface area contributed by atoms with E-state index in [0.717, 1.165) is 12.7 Å². The second-order valence-electron chi connectivity index (χ2n) is 2.00. The normalized spacial score (nSPS) is 12.6. The fourth-order valence-corrected chi connectivity index (χ4v) is 0.848. The molecule has 3 nitrogen and oxygen atoms in total. The maximum atomic E-state index is 10.4. The first-order valence-corrected chi connectivity index (χ1v) is 5.05. The summed E-state index contributed by atoms with van der Waals surface area (Å²) in [6.07, 6.45) is 5.79. The van der Waals surface area contributed by atoms with E-state index in [9.17, 15) is 8.42 Å². The van der Waals surface area contributed by atoms with Crippen molar-refractivity contribution in [3.63, 3.8) is 0 Å². The summed E-state index contributed by atoms with van der Waals surface area (Å²) in [7, 11) is -3.01. The van der Waals surface area contributed by atoms with E-state index in [1.54, 1.807) is 6.08 Å². The fourth-order valence-electron chi connectivity index (χ4n) is 0.449. The van der Waals surface area contributed by atoms with Gasteiger partial charge in [-0.05, 0) is 6.42 Å². The first kappa shape index (κ1) is 9.65. The standard InChI is InChI=1S/C6H13NO2S/c1-3-4-5-6-7-10(2,8)9/h4-5,7H,3,6H2,1-2H3/b5-4+. The molecule has 0 amide bonds. The van der Waals surface area contributed by atoms with Crippen LogP contribution in [0.1, 0.15) is 13.3 Å². The van der Waals surface area contributed by atoms with Crippen LogP contribution in [-0.2, 0) is 10.0 Å². The zero-order valence-corrected chi connectivity index (χ0v) is 7.11. The highest BCUT2D eigenvalue weighted by molar-refractivity contribution is 7.88. The van der Waals surface area contributed by atoms with Gasteiger partial charge in [0.05, 0.1) is 6.26 Å². The second kappa shape index (κ2) is 4.46. The Kier molecular flexibility index (Phi) is 4.31. The molecule has 4 heteroatoms. The van der Waals surface area contributed by atoms with Crippen molar-refractivity contribution in [1.82, 2.24) is 4.72 Å². The van der Waals surface area contributed by atoms with Gasteiger partial charge in [0.2, 0.25) is 10.0 Å². The molecule has 0 aliphatic rings. The molecule has 0 heterocycles. The van der Waals surface area contributed by atoms with E-state index in [1.165, 1.54) is 0 Å². The summed E-state index contributed by atoms with van der Waals surface area (Å²) in [6.45, 7) is 2.39. The molecular formula is C6H13NO2S. The first-order chi connectivity index (χ1) is 4.56. The third kappa shape index (κ3) is 7.65. The average molecular weight is 163 g/mol. The summed E-state index contributed by atoms with van der Waals surface area (Å²) in [5.41, 5.74) is 0. The van der Waals surface area contributed by atoms with Gasteiger partial charge in [-0.1, -0.05) is 19.1 Å². The highest BCUT2D eigenvalue weighted by Crippen LogP contribution is 1.78. The summed E-state index contributed by atoms with van der Waals surface area (Å²) >= 11 is 0. The maximum Gasteiger partial charge on any atom is 0.208 e. The molecule has 0 aromatic rings. The van der Waals surface area contributed by atoms with E-state index in [4.69, 9.17) is 0 Å². The molecule has 1 N–H and O–H groups in total. The molecule has 0 unspecified atom stereocenters. The molecule has 10 heavy (non-hydrogen) atoms. The fraction of sp³-hybridized carbons (Fsp3) is 0.667. The zero-order chi connectivity index (χ0) is 8.04. The molecule has 0 atom stereocenters. The lowest BCUT2D eigenvalue weighted by molar-refractivity contribution is 0.592. The molecule has 0 fully saturated rings. The summed E-state index contributed by atoms with van der Waals surface area (Å²) in [5, 5.41) is 0. The lowest BCUT2D eigenvalue weighted by Gasteiger charge is -1.94. The monoisotopic (exact) mass is 163 g/mol. The van der Waals surface area contributed by atoms with Crippen LogP contribution in [0.3, 0.4) is 0 Å². The Hall–Kier alpha value is -0.350. The predicted octanol–water partition coefficient (Wildman–Crippen LogP) is 0.502. The molecule has 0 bridgehead atoms. The van der Waals surface area contributed by atoms with E-state index in [-0.39, 0.29) is 0 Å². The van der Waals surface area contributed by atoms with Gasteiger partial charge in [0, 0.05) is 6.54 Å². The Balaban J connectivity index is 3.48. The molecule has 0 saturated carbocycles. The van der Waals surface area contributed by atoms with Crippen molar-refractivity contribution in [2.24, 2.45) is 0 Å². The van der Waals surface area contributed by atoms with E-state index < -0.39 is 10.0 Å². The van der Waals surface area contributed by atoms with Crippen LogP contribution in [0.15, 0.2) is 12.2 Å². The molecule has 0 rings (SSSR count). The van der Waals surface area contributed by atoms with Crippen molar-refractivity contribution in [3.8, 4) is 0 Å². The minimum Gasteiger partial charge on any atom is -0.213 e. The van der Waals surface area contributed by atoms with Gasteiger partial charge in [-0.2, -0.15) is 0 Å². The minimum atomic E-state index is -3.01. The minimum absolute atomic E-state index is 0.396. The SMILES string of the molecule is CC/C=C/CNS(C)(=O)=O. The van der Waals surface area contributed by atoms with Crippen molar-refractivity contribution >= 4 is 10.0 Å². The van der Waals surface area contributed by atoms with Crippen LogP contribution >= 0.6 is 0 Å². The first-order valence-electron chi connectivity index (χ1n) is 3.16. The van der Waals surface area contributed by atoms with Crippen LogP contribution in [0.25, 0.3) is 0 Å². The molecule has 0 aliphatic heterocycles. The molecular weight excluding hydrogens is 150 g/mol. The van der Waals surface area contributed by atoms with Gasteiger partial charge in [-0.15, -0.1) is 0 Å². The molecule has 0 saturated heterocycles. The summed E-state index contributed by atoms with van der Waals surface area (Å²) in [6, 6.07) is 0. The zero-order valence-electron chi connectivity index (χ0n) is 6.29. The van der Waals surface area contributed by atoms with Gasteiger partial charge in [0.15, 0.2) is 0 Å². The Morgan fingerprint density at radius 1 is 1.40 bits per heavy atom. The lowest BCUT2D eigenvalue weighted by atomic mass is 10.4. The Bertz CT molecular complexity index is 194. The van der Waals surface area contributed by atoms with Gasteiger partial charge >= 0.3 is 0 Å². The van der Waals surface area contributed by atoms with E-state index in [0.29, 0.717) is 6.54 Å². The smallest absolute Gasteiger partial charge is 0.208 e. The summed E-state index contributed by atoms with van der Waals surface area (Å²) < 4.78 is 23.2. The van der Waals surface area contributed by atoms with Crippen LogP contribution in [-0.4, -0.2) is 21.2 Å².